The number of rotatable bonds is 4. The number of hydrogen-bond acceptors (Lipinski definition) is 2. The lowest BCUT2D eigenvalue weighted by molar-refractivity contribution is 0.132. The molecular weight excluding hydrogens is 250 g/mol. The van der Waals surface area contributed by atoms with Gasteiger partial charge in [-0.2, -0.15) is 0 Å². The van der Waals surface area contributed by atoms with Crippen LogP contribution in [-0.4, -0.2) is 12.6 Å². The number of hydrogen-bond donors (Lipinski definition) is 3. The molecule has 4 heteroatoms. The van der Waals surface area contributed by atoms with E-state index >= 15 is 0 Å². The van der Waals surface area contributed by atoms with E-state index in [1.54, 1.807) is 0 Å². The maximum atomic E-state index is 11.9. The summed E-state index contributed by atoms with van der Waals surface area (Å²) in [6.07, 6.45) is 0. The number of benzene rings is 1. The molecule has 0 atom stereocenters. The molecule has 4 nitrogen and oxygen atoms in total. The second-order valence-electron chi connectivity index (χ2n) is 6.84. The van der Waals surface area contributed by atoms with Gasteiger partial charge in [0.15, 0.2) is 0 Å². The van der Waals surface area contributed by atoms with Crippen LogP contribution in [-0.2, 0) is 6.54 Å². The van der Waals surface area contributed by atoms with Crippen LogP contribution in [0.25, 0.3) is 0 Å². The molecule has 2 amide bonds. The number of carbonyl (C=O) groups excluding carboxylic acids is 1. The van der Waals surface area contributed by atoms with Gasteiger partial charge in [-0.15, -0.1) is 0 Å². The second-order valence-corrected chi connectivity index (χ2v) is 6.84. The Morgan fingerprint density at radius 1 is 1.10 bits per heavy atom. The van der Waals surface area contributed by atoms with Crippen LogP contribution in [0.3, 0.4) is 0 Å². The van der Waals surface area contributed by atoms with Crippen molar-refractivity contribution >= 4 is 11.7 Å². The molecule has 1 aromatic carbocycles. The van der Waals surface area contributed by atoms with Crippen molar-refractivity contribution < 1.29 is 4.79 Å². The number of carbonyl (C=O) groups is 1. The van der Waals surface area contributed by atoms with E-state index in [4.69, 9.17) is 5.73 Å². The molecule has 112 valence electrons. The zero-order valence-corrected chi connectivity index (χ0v) is 13.2. The van der Waals surface area contributed by atoms with Crippen molar-refractivity contribution in [2.24, 2.45) is 16.6 Å². The van der Waals surface area contributed by atoms with Crippen LogP contribution < -0.4 is 16.4 Å². The van der Waals surface area contributed by atoms with E-state index in [0.717, 1.165) is 11.3 Å². The second kappa shape index (κ2) is 6.27. The normalized spacial score (nSPS) is 12.1. The maximum absolute atomic E-state index is 11.9. The van der Waals surface area contributed by atoms with Gasteiger partial charge in [0.05, 0.1) is 0 Å². The predicted molar refractivity (Wildman–Crippen MR) is 84.6 cm³/mol. The first-order chi connectivity index (χ1) is 9.15. The molecule has 0 unspecified atom stereocenters. The fraction of sp³-hybridized carbons (Fsp3) is 0.562. The number of amides is 2. The summed E-state index contributed by atoms with van der Waals surface area (Å²) in [5.74, 6) is 0. The first kappa shape index (κ1) is 16.5. The Morgan fingerprint density at radius 3 is 2.10 bits per heavy atom. The van der Waals surface area contributed by atoms with E-state index < -0.39 is 0 Å². The van der Waals surface area contributed by atoms with Crippen LogP contribution in [0, 0.1) is 10.8 Å². The third-order valence-corrected chi connectivity index (χ3v) is 4.17. The van der Waals surface area contributed by atoms with E-state index in [1.807, 2.05) is 24.3 Å². The minimum absolute atomic E-state index is 0.0216. The van der Waals surface area contributed by atoms with Gasteiger partial charge < -0.3 is 16.4 Å². The van der Waals surface area contributed by atoms with Gasteiger partial charge in [-0.05, 0) is 28.5 Å². The molecule has 0 bridgehead atoms. The zero-order chi connectivity index (χ0) is 15.4. The first-order valence-corrected chi connectivity index (χ1v) is 6.99. The Hall–Kier alpha value is -1.55. The minimum Gasteiger partial charge on any atom is -0.337 e. The Bertz CT molecular complexity index is 444. The van der Waals surface area contributed by atoms with Crippen LogP contribution in [0.2, 0.25) is 0 Å². The van der Waals surface area contributed by atoms with Gasteiger partial charge in [0.2, 0.25) is 0 Å². The predicted octanol–water partition coefficient (Wildman–Crippen LogP) is 3.34. The fourth-order valence-electron chi connectivity index (χ4n) is 1.47. The summed E-state index contributed by atoms with van der Waals surface area (Å²) in [5, 5.41) is 5.76. The van der Waals surface area contributed by atoms with E-state index in [2.05, 4.69) is 45.3 Å². The van der Waals surface area contributed by atoms with E-state index in [0.29, 0.717) is 13.1 Å². The van der Waals surface area contributed by atoms with Crippen molar-refractivity contribution in [1.29, 1.82) is 0 Å². The minimum atomic E-state index is -0.178. The van der Waals surface area contributed by atoms with Gasteiger partial charge in [-0.25, -0.2) is 4.79 Å². The molecule has 4 N–H and O–H groups in total. The average molecular weight is 277 g/mol. The molecule has 0 aliphatic carbocycles. The van der Waals surface area contributed by atoms with Crippen LogP contribution in [0.4, 0.5) is 10.5 Å². The number of nitrogens with two attached hydrogens (primary N) is 1. The number of nitrogens with one attached hydrogen (secondary N) is 2. The first-order valence-electron chi connectivity index (χ1n) is 6.99. The quantitative estimate of drug-likeness (QED) is 0.790. The van der Waals surface area contributed by atoms with Gasteiger partial charge in [0, 0.05) is 18.8 Å². The lowest BCUT2D eigenvalue weighted by Crippen LogP contribution is -2.43. The summed E-state index contributed by atoms with van der Waals surface area (Å²) in [6, 6.07) is 7.36. The highest BCUT2D eigenvalue weighted by atomic mass is 16.2. The molecule has 1 aromatic rings. The van der Waals surface area contributed by atoms with Crippen LogP contribution in [0.1, 0.15) is 40.2 Å². The molecule has 0 spiro atoms. The van der Waals surface area contributed by atoms with E-state index in [-0.39, 0.29) is 16.9 Å². The van der Waals surface area contributed by atoms with Crippen LogP contribution >= 0.6 is 0 Å². The Morgan fingerprint density at radius 2 is 1.65 bits per heavy atom. The van der Waals surface area contributed by atoms with E-state index in [9.17, 15) is 4.79 Å². The van der Waals surface area contributed by atoms with Crippen molar-refractivity contribution in [2.75, 3.05) is 11.9 Å². The molecule has 0 fully saturated rings. The van der Waals surface area contributed by atoms with Gasteiger partial charge in [-0.3, -0.25) is 0 Å². The monoisotopic (exact) mass is 277 g/mol. The van der Waals surface area contributed by atoms with Crippen LogP contribution in [0.15, 0.2) is 24.3 Å². The van der Waals surface area contributed by atoms with Crippen molar-refractivity contribution in [3.63, 3.8) is 0 Å². The van der Waals surface area contributed by atoms with Gasteiger partial charge in [0.25, 0.3) is 0 Å². The van der Waals surface area contributed by atoms with Crippen molar-refractivity contribution in [1.82, 2.24) is 5.32 Å². The standard InChI is InChI=1S/C16H27N3O/c1-15(2,3)16(4,5)11-18-14(20)19-13-8-6-12(10-17)7-9-13/h6-9H,10-11,17H2,1-5H3,(H2,18,19,20). The molecule has 0 heterocycles. The molecular formula is C16H27N3O. The molecule has 0 aromatic heterocycles. The summed E-state index contributed by atoms with van der Waals surface area (Å²) < 4.78 is 0. The molecule has 0 saturated heterocycles. The van der Waals surface area contributed by atoms with Crippen molar-refractivity contribution in [3.05, 3.63) is 29.8 Å². The Kier molecular flexibility index (Phi) is 5.17. The van der Waals surface area contributed by atoms with Crippen LogP contribution in [0.5, 0.6) is 0 Å². The smallest absolute Gasteiger partial charge is 0.319 e. The fourth-order valence-corrected chi connectivity index (χ4v) is 1.47. The highest BCUT2D eigenvalue weighted by molar-refractivity contribution is 5.89. The summed E-state index contributed by atoms with van der Waals surface area (Å²) in [5.41, 5.74) is 7.51. The van der Waals surface area contributed by atoms with Gasteiger partial charge in [0.1, 0.15) is 0 Å². The SMILES string of the molecule is CC(C)(C)C(C)(C)CNC(=O)Nc1ccc(CN)cc1. The highest BCUT2D eigenvalue weighted by Crippen LogP contribution is 2.36. The topological polar surface area (TPSA) is 67.2 Å². The molecule has 0 aliphatic rings. The molecule has 20 heavy (non-hydrogen) atoms. The van der Waals surface area contributed by atoms with Gasteiger partial charge in [-0.1, -0.05) is 46.8 Å². The van der Waals surface area contributed by atoms with E-state index in [1.165, 1.54) is 0 Å². The largest absolute Gasteiger partial charge is 0.337 e. The third kappa shape index (κ3) is 4.53. The zero-order valence-electron chi connectivity index (χ0n) is 13.2. The lowest BCUT2D eigenvalue weighted by Gasteiger charge is -2.38. The van der Waals surface area contributed by atoms with Gasteiger partial charge >= 0.3 is 6.03 Å². The molecule has 1 rings (SSSR count). The summed E-state index contributed by atoms with van der Waals surface area (Å²) in [4.78, 5) is 11.9. The molecule has 0 saturated carbocycles. The summed E-state index contributed by atoms with van der Waals surface area (Å²) >= 11 is 0. The molecule has 0 radical (unpaired) electrons. The maximum Gasteiger partial charge on any atom is 0.319 e. The van der Waals surface area contributed by atoms with Crippen molar-refractivity contribution in [3.8, 4) is 0 Å². The Labute approximate surface area is 122 Å². The summed E-state index contributed by atoms with van der Waals surface area (Å²) in [7, 11) is 0. The average Bonchev–Trinajstić information content (AvgIpc) is 2.36. The number of anilines is 1. The number of urea groups is 1. The summed E-state index contributed by atoms with van der Waals surface area (Å²) in [6.45, 7) is 12.0. The lowest BCUT2D eigenvalue weighted by atomic mass is 9.69. The van der Waals surface area contributed by atoms with Crippen molar-refractivity contribution in [2.45, 2.75) is 41.2 Å². The third-order valence-electron chi connectivity index (χ3n) is 4.17. The highest BCUT2D eigenvalue weighted by Gasteiger charge is 2.32. The molecule has 0 aliphatic heterocycles. The Balaban J connectivity index is 2.51.